The molecular weight excluding hydrogens is 350 g/mol. The molecule has 0 saturated heterocycles. The van der Waals surface area contributed by atoms with Crippen LogP contribution in [0.4, 0.5) is 8.78 Å². The van der Waals surface area contributed by atoms with Crippen LogP contribution in [0.25, 0.3) is 0 Å². The van der Waals surface area contributed by atoms with E-state index in [9.17, 15) is 13.6 Å². The second-order valence-corrected chi connectivity index (χ2v) is 5.63. The number of benzene rings is 2. The van der Waals surface area contributed by atoms with Gasteiger partial charge in [0.05, 0.1) is 0 Å². The maximum Gasteiger partial charge on any atom is 0.141 e. The van der Waals surface area contributed by atoms with Crippen LogP contribution in [0.5, 0.6) is 0 Å². The van der Waals surface area contributed by atoms with Crippen LogP contribution in [-0.4, -0.2) is 5.78 Å². The maximum atomic E-state index is 13.0. The smallest absolute Gasteiger partial charge is 0.141 e. The topological polar surface area (TPSA) is 17.1 Å². The van der Waals surface area contributed by atoms with Gasteiger partial charge < -0.3 is 0 Å². The average Bonchev–Trinajstić information content (AvgIpc) is 2.36. The van der Waals surface area contributed by atoms with Crippen LogP contribution in [0.15, 0.2) is 40.9 Å². The number of halogens is 4. The van der Waals surface area contributed by atoms with E-state index in [1.165, 1.54) is 30.3 Å². The van der Waals surface area contributed by atoms with E-state index in [1.807, 2.05) is 0 Å². The lowest BCUT2D eigenvalue weighted by molar-refractivity contribution is -0.117. The molecule has 0 aromatic heterocycles. The summed E-state index contributed by atoms with van der Waals surface area (Å²) in [5.41, 5.74) is 1.28. The molecule has 1 nitrogen and oxygen atoms in total. The van der Waals surface area contributed by atoms with Crippen LogP contribution < -0.4 is 0 Å². The Balaban J connectivity index is 2.09. The molecule has 0 heterocycles. The Hall–Kier alpha value is -1.26. The fourth-order valence-electron chi connectivity index (χ4n) is 1.82. The van der Waals surface area contributed by atoms with Crippen molar-refractivity contribution in [1.82, 2.24) is 0 Å². The van der Waals surface area contributed by atoms with Gasteiger partial charge in [-0.25, -0.2) is 8.78 Å². The van der Waals surface area contributed by atoms with Crippen molar-refractivity contribution in [1.29, 1.82) is 0 Å². The highest BCUT2D eigenvalue weighted by Crippen LogP contribution is 2.21. The fourth-order valence-corrected chi connectivity index (χ4v) is 2.54. The van der Waals surface area contributed by atoms with E-state index in [2.05, 4.69) is 15.9 Å². The number of carbonyl (C=O) groups excluding carboxylic acids is 1. The molecule has 2 aromatic carbocycles. The zero-order chi connectivity index (χ0) is 14.7. The lowest BCUT2D eigenvalue weighted by Gasteiger charge is -2.06. The summed E-state index contributed by atoms with van der Waals surface area (Å²) >= 11 is 9.09. The summed E-state index contributed by atoms with van der Waals surface area (Å²) in [7, 11) is 0. The van der Waals surface area contributed by atoms with Gasteiger partial charge in [0.2, 0.25) is 0 Å². The predicted octanol–water partition coefficient (Wildman–Crippen LogP) is 4.74. The van der Waals surface area contributed by atoms with Crippen molar-refractivity contribution in [3.8, 4) is 0 Å². The van der Waals surface area contributed by atoms with Crippen molar-refractivity contribution in [2.24, 2.45) is 0 Å². The van der Waals surface area contributed by atoms with Crippen molar-refractivity contribution < 1.29 is 13.6 Å². The molecule has 0 spiro atoms. The van der Waals surface area contributed by atoms with Crippen LogP contribution in [-0.2, 0) is 17.6 Å². The monoisotopic (exact) mass is 358 g/mol. The van der Waals surface area contributed by atoms with E-state index in [1.54, 1.807) is 6.07 Å². The van der Waals surface area contributed by atoms with Gasteiger partial charge in [0, 0.05) is 22.3 Å². The van der Waals surface area contributed by atoms with E-state index < -0.39 is 5.82 Å². The lowest BCUT2D eigenvalue weighted by Crippen LogP contribution is -2.07. The molecule has 0 bridgehead atoms. The van der Waals surface area contributed by atoms with E-state index in [-0.39, 0.29) is 29.5 Å². The summed E-state index contributed by atoms with van der Waals surface area (Å²) < 4.78 is 26.4. The molecular formula is C15H10BrClF2O. The zero-order valence-corrected chi connectivity index (χ0v) is 12.6. The highest BCUT2D eigenvalue weighted by atomic mass is 79.9. The molecule has 2 aromatic rings. The molecule has 0 amide bonds. The molecule has 0 aliphatic heterocycles. The van der Waals surface area contributed by atoms with Crippen molar-refractivity contribution >= 4 is 33.3 Å². The maximum absolute atomic E-state index is 13.0. The minimum atomic E-state index is -0.438. The van der Waals surface area contributed by atoms with E-state index in [0.29, 0.717) is 15.6 Å². The third kappa shape index (κ3) is 3.87. The largest absolute Gasteiger partial charge is 0.299 e. The Morgan fingerprint density at radius 1 is 1.00 bits per heavy atom. The van der Waals surface area contributed by atoms with Gasteiger partial charge in [0.15, 0.2) is 0 Å². The van der Waals surface area contributed by atoms with Gasteiger partial charge in [0.25, 0.3) is 0 Å². The fraction of sp³-hybridized carbons (Fsp3) is 0.133. The van der Waals surface area contributed by atoms with Gasteiger partial charge in [-0.3, -0.25) is 4.79 Å². The molecule has 0 saturated carbocycles. The number of rotatable bonds is 4. The molecule has 5 heteroatoms. The number of hydrogen-bond donors (Lipinski definition) is 0. The minimum absolute atomic E-state index is 0.0779. The van der Waals surface area contributed by atoms with E-state index in [0.717, 1.165) is 0 Å². The molecule has 0 aliphatic carbocycles. The van der Waals surface area contributed by atoms with E-state index in [4.69, 9.17) is 11.6 Å². The van der Waals surface area contributed by atoms with Crippen molar-refractivity contribution in [3.63, 3.8) is 0 Å². The summed E-state index contributed by atoms with van der Waals surface area (Å²) in [5, 5.41) is 0.233. The van der Waals surface area contributed by atoms with Crippen molar-refractivity contribution in [3.05, 3.63) is 68.7 Å². The molecule has 2 rings (SSSR count). The predicted molar refractivity (Wildman–Crippen MR) is 77.9 cm³/mol. The van der Waals surface area contributed by atoms with Crippen LogP contribution >= 0.6 is 27.5 Å². The highest BCUT2D eigenvalue weighted by molar-refractivity contribution is 9.10. The molecule has 0 aliphatic rings. The summed E-state index contributed by atoms with van der Waals surface area (Å²) in [6.07, 6.45) is 0.275. The van der Waals surface area contributed by atoms with Gasteiger partial charge in [-0.2, -0.15) is 0 Å². The third-order valence-electron chi connectivity index (χ3n) is 2.81. The number of hydrogen-bond acceptors (Lipinski definition) is 1. The highest BCUT2D eigenvalue weighted by Gasteiger charge is 2.11. The number of carbonyl (C=O) groups is 1. The lowest BCUT2D eigenvalue weighted by atomic mass is 10.0. The van der Waals surface area contributed by atoms with Crippen LogP contribution in [0, 0.1) is 11.6 Å². The summed E-state index contributed by atoms with van der Waals surface area (Å²) in [5.74, 6) is -0.882. The van der Waals surface area contributed by atoms with Crippen molar-refractivity contribution in [2.75, 3.05) is 0 Å². The standard InChI is InChI=1S/C15H10BrClF2O/c16-14-7-11(18)3-1-9(14)5-13(20)6-10-2-4-12(19)8-15(10)17/h1-4,7-8H,5-6H2. The second-order valence-electron chi connectivity index (χ2n) is 4.36. The van der Waals surface area contributed by atoms with Crippen LogP contribution in [0.3, 0.4) is 0 Å². The number of ketones is 1. The molecule has 0 unspecified atom stereocenters. The summed E-state index contributed by atoms with van der Waals surface area (Å²) in [6, 6.07) is 8.12. The zero-order valence-electron chi connectivity index (χ0n) is 10.3. The Kier molecular flexibility index (Phi) is 4.89. The SMILES string of the molecule is O=C(Cc1ccc(F)cc1Cl)Cc1ccc(F)cc1Br. The Labute approximate surface area is 128 Å². The Morgan fingerprint density at radius 3 is 2.15 bits per heavy atom. The molecule has 0 atom stereocenters. The van der Waals surface area contributed by atoms with Gasteiger partial charge in [-0.1, -0.05) is 39.7 Å². The molecule has 0 fully saturated rings. The quantitative estimate of drug-likeness (QED) is 0.771. The van der Waals surface area contributed by atoms with E-state index >= 15 is 0 Å². The molecule has 20 heavy (non-hydrogen) atoms. The first kappa shape index (κ1) is 15.1. The van der Waals surface area contributed by atoms with Gasteiger partial charge in [-0.15, -0.1) is 0 Å². The molecule has 104 valence electrons. The van der Waals surface area contributed by atoms with Gasteiger partial charge in [-0.05, 0) is 35.4 Å². The summed E-state index contributed by atoms with van der Waals surface area (Å²) in [4.78, 5) is 12.0. The Bertz CT molecular complexity index is 603. The van der Waals surface area contributed by atoms with Crippen LogP contribution in [0.2, 0.25) is 5.02 Å². The first-order valence-electron chi connectivity index (χ1n) is 5.85. The average molecular weight is 360 g/mol. The minimum Gasteiger partial charge on any atom is -0.299 e. The van der Waals surface area contributed by atoms with Gasteiger partial charge >= 0.3 is 0 Å². The first-order chi connectivity index (χ1) is 9.45. The Morgan fingerprint density at radius 2 is 1.55 bits per heavy atom. The third-order valence-corrected chi connectivity index (χ3v) is 3.90. The number of Topliss-reactive ketones (excluding diaryl/α,β-unsaturated/α-hetero) is 1. The van der Waals surface area contributed by atoms with Gasteiger partial charge in [0.1, 0.15) is 17.4 Å². The van der Waals surface area contributed by atoms with Crippen molar-refractivity contribution in [2.45, 2.75) is 12.8 Å². The molecule has 0 N–H and O–H groups in total. The first-order valence-corrected chi connectivity index (χ1v) is 7.02. The van der Waals surface area contributed by atoms with Crippen LogP contribution in [0.1, 0.15) is 11.1 Å². The summed E-state index contributed by atoms with van der Waals surface area (Å²) in [6.45, 7) is 0. The normalized spacial score (nSPS) is 10.6. The molecule has 0 radical (unpaired) electrons. The second kappa shape index (κ2) is 6.46.